The van der Waals surface area contributed by atoms with Crippen molar-refractivity contribution in [1.29, 1.82) is 0 Å². The molecule has 0 saturated heterocycles. The van der Waals surface area contributed by atoms with Gasteiger partial charge in [0.05, 0.1) is 26.9 Å². The maximum absolute atomic E-state index is 15.5. The van der Waals surface area contributed by atoms with E-state index in [4.69, 9.17) is 4.74 Å². The van der Waals surface area contributed by atoms with Gasteiger partial charge in [0, 0.05) is 37.4 Å². The molecule has 2 aromatic rings. The topological polar surface area (TPSA) is 66.8 Å². The highest BCUT2D eigenvalue weighted by atomic mass is 32.2. The average molecular weight is 618 g/mol. The number of hydrogen-bond acceptors (Lipinski definition) is 4. The predicted octanol–water partition coefficient (Wildman–Crippen LogP) is 7.33. The van der Waals surface area contributed by atoms with Crippen molar-refractivity contribution < 1.29 is 58.4 Å². The van der Waals surface area contributed by atoms with Gasteiger partial charge in [0.15, 0.2) is 5.50 Å². The summed E-state index contributed by atoms with van der Waals surface area (Å²) in [6.45, 7) is -0.973. The first kappa shape index (κ1) is 31.0. The highest BCUT2D eigenvalue weighted by Gasteiger charge is 2.62. The molecule has 1 fully saturated rings. The Balaban J connectivity index is 1.81. The maximum Gasteiger partial charge on any atom is 0.420 e. The van der Waals surface area contributed by atoms with Crippen molar-refractivity contribution in [1.82, 2.24) is 0 Å². The van der Waals surface area contributed by atoms with Gasteiger partial charge in [0.1, 0.15) is 23.6 Å². The van der Waals surface area contributed by atoms with Crippen LogP contribution in [0.2, 0.25) is 0 Å². The van der Waals surface area contributed by atoms with E-state index in [2.05, 4.69) is 0 Å². The normalized spacial score (nSPS) is 23.8. The standard InChI is InChI=1S/C26H24F9NO4S/c1-23(29,30)7-6-14-10-36(16-4-2-15(27)3-5-16)18-8-17(26(33,34)35)19(9-20(18)41(39)21(14)28)40-13-24(22(37)38)11-25(31,32)12-24/h2-5,8-9,14,21H,6-7,10-13H2,1H3,(H,37,38). The first-order chi connectivity index (χ1) is 18.8. The number of nitrogens with zero attached hydrogens (tertiary/aromatic N) is 1. The van der Waals surface area contributed by atoms with E-state index in [1.54, 1.807) is 0 Å². The smallest absolute Gasteiger partial charge is 0.420 e. The zero-order valence-corrected chi connectivity index (χ0v) is 22.1. The van der Waals surface area contributed by atoms with Crippen LogP contribution < -0.4 is 9.64 Å². The lowest BCUT2D eigenvalue weighted by Crippen LogP contribution is -2.54. The SMILES string of the molecule is CC(F)(F)CCC1CN(c2ccc(F)cc2)c2cc(C(F)(F)F)c(OCC3(C(=O)O)CC(F)(F)C3)cc2S(=O)C1F. The summed E-state index contributed by atoms with van der Waals surface area (Å²) in [5.74, 6) is -11.4. The van der Waals surface area contributed by atoms with Crippen LogP contribution in [0.4, 0.5) is 50.9 Å². The molecule has 0 aromatic heterocycles. The number of aliphatic carboxylic acids is 1. The van der Waals surface area contributed by atoms with Gasteiger partial charge in [-0.3, -0.25) is 9.00 Å². The van der Waals surface area contributed by atoms with Crippen LogP contribution in [0.1, 0.15) is 38.2 Å². The Bertz CT molecular complexity index is 1320. The summed E-state index contributed by atoms with van der Waals surface area (Å²) in [5.41, 5.74) is -6.37. The Kier molecular flexibility index (Phi) is 8.08. The molecule has 0 bridgehead atoms. The van der Waals surface area contributed by atoms with Gasteiger partial charge in [-0.1, -0.05) is 0 Å². The molecule has 15 heteroatoms. The van der Waals surface area contributed by atoms with E-state index >= 15 is 4.39 Å². The Hall–Kier alpha value is -2.97. The second-order valence-electron chi connectivity index (χ2n) is 10.5. The molecule has 1 aliphatic heterocycles. The summed E-state index contributed by atoms with van der Waals surface area (Å²) in [6.07, 6.45) is -8.82. The van der Waals surface area contributed by atoms with Crippen LogP contribution in [-0.2, 0) is 21.8 Å². The Morgan fingerprint density at radius 2 is 1.73 bits per heavy atom. The second-order valence-corrected chi connectivity index (χ2v) is 12.0. The van der Waals surface area contributed by atoms with Crippen molar-refractivity contribution >= 4 is 28.1 Å². The van der Waals surface area contributed by atoms with Gasteiger partial charge in [-0.2, -0.15) is 13.2 Å². The third-order valence-corrected chi connectivity index (χ3v) is 8.66. The molecule has 3 unspecified atom stereocenters. The van der Waals surface area contributed by atoms with E-state index < -0.39 is 118 Å². The summed E-state index contributed by atoms with van der Waals surface area (Å²) < 4.78 is 144. The summed E-state index contributed by atoms with van der Waals surface area (Å²) in [4.78, 5) is 12.2. The Labute approximate surface area is 230 Å². The van der Waals surface area contributed by atoms with E-state index in [0.717, 1.165) is 29.2 Å². The third-order valence-electron chi connectivity index (χ3n) is 7.11. The minimum absolute atomic E-state index is 0.0512. The van der Waals surface area contributed by atoms with Crippen molar-refractivity contribution in [3.8, 4) is 5.75 Å². The van der Waals surface area contributed by atoms with Crippen LogP contribution in [0.3, 0.4) is 0 Å². The van der Waals surface area contributed by atoms with Gasteiger partial charge < -0.3 is 14.7 Å². The molecule has 226 valence electrons. The van der Waals surface area contributed by atoms with Crippen molar-refractivity contribution in [2.24, 2.45) is 11.3 Å². The summed E-state index contributed by atoms with van der Waals surface area (Å²) in [6, 6.07) is 5.36. The summed E-state index contributed by atoms with van der Waals surface area (Å²) in [5, 5.41) is 9.43. The molecule has 1 N–H and O–H groups in total. The number of carboxylic acids is 1. The number of benzene rings is 2. The van der Waals surface area contributed by atoms with Crippen molar-refractivity contribution in [2.45, 2.75) is 61.0 Å². The van der Waals surface area contributed by atoms with E-state index in [9.17, 15) is 49.2 Å². The van der Waals surface area contributed by atoms with Gasteiger partial charge in [-0.05, 0) is 49.7 Å². The minimum atomic E-state index is -5.16. The molecule has 5 nitrogen and oxygen atoms in total. The van der Waals surface area contributed by atoms with E-state index in [-0.39, 0.29) is 5.69 Å². The maximum atomic E-state index is 15.5. The number of alkyl halides is 8. The van der Waals surface area contributed by atoms with E-state index in [1.165, 1.54) is 0 Å². The molecule has 0 amide bonds. The lowest BCUT2D eigenvalue weighted by atomic mass is 9.66. The monoisotopic (exact) mass is 617 g/mol. The molecule has 2 aromatic carbocycles. The molecule has 1 saturated carbocycles. The van der Waals surface area contributed by atoms with Crippen LogP contribution in [0.5, 0.6) is 5.75 Å². The van der Waals surface area contributed by atoms with Crippen molar-refractivity contribution in [2.75, 3.05) is 18.1 Å². The van der Waals surface area contributed by atoms with Crippen LogP contribution in [0, 0.1) is 17.2 Å². The van der Waals surface area contributed by atoms with Crippen LogP contribution in [0.25, 0.3) is 0 Å². The zero-order chi connectivity index (χ0) is 30.5. The Morgan fingerprint density at radius 3 is 2.24 bits per heavy atom. The highest BCUT2D eigenvalue weighted by Crippen LogP contribution is 2.53. The molecule has 0 spiro atoms. The molecule has 4 rings (SSSR count). The van der Waals surface area contributed by atoms with Crippen molar-refractivity contribution in [3.05, 3.63) is 47.8 Å². The predicted molar refractivity (Wildman–Crippen MR) is 129 cm³/mol. The lowest BCUT2D eigenvalue weighted by molar-refractivity contribution is -0.200. The fourth-order valence-corrected chi connectivity index (χ4v) is 6.38. The number of ether oxygens (including phenoxy) is 1. The first-order valence-electron chi connectivity index (χ1n) is 12.3. The molecule has 0 radical (unpaired) electrons. The van der Waals surface area contributed by atoms with Crippen LogP contribution in [0.15, 0.2) is 41.3 Å². The molecule has 3 atom stereocenters. The lowest BCUT2D eigenvalue weighted by Gasteiger charge is -2.43. The quantitative estimate of drug-likeness (QED) is 0.315. The second kappa shape index (κ2) is 10.7. The average Bonchev–Trinajstić information content (AvgIpc) is 2.93. The minimum Gasteiger partial charge on any atom is -0.492 e. The summed E-state index contributed by atoms with van der Waals surface area (Å²) >= 11 is 0. The molecular formula is C26H24F9NO4S. The Morgan fingerprint density at radius 1 is 1.12 bits per heavy atom. The number of anilines is 2. The summed E-state index contributed by atoms with van der Waals surface area (Å²) in [7, 11) is -2.72. The number of rotatable bonds is 8. The third kappa shape index (κ3) is 6.59. The number of carbonyl (C=O) groups is 1. The van der Waals surface area contributed by atoms with Gasteiger partial charge in [-0.25, -0.2) is 26.3 Å². The number of carboxylic acid groups (broad SMARTS) is 1. The molecule has 1 heterocycles. The van der Waals surface area contributed by atoms with E-state index in [0.29, 0.717) is 19.1 Å². The van der Waals surface area contributed by atoms with Gasteiger partial charge in [0.25, 0.3) is 5.92 Å². The van der Waals surface area contributed by atoms with Gasteiger partial charge >= 0.3 is 12.1 Å². The van der Waals surface area contributed by atoms with Gasteiger partial charge in [0.2, 0.25) is 5.92 Å². The van der Waals surface area contributed by atoms with Crippen LogP contribution in [-0.4, -0.2) is 45.8 Å². The highest BCUT2D eigenvalue weighted by molar-refractivity contribution is 7.85. The molecule has 2 aliphatic rings. The zero-order valence-electron chi connectivity index (χ0n) is 21.3. The van der Waals surface area contributed by atoms with Gasteiger partial charge in [-0.15, -0.1) is 0 Å². The number of hydrogen-bond donors (Lipinski definition) is 1. The van der Waals surface area contributed by atoms with Crippen molar-refractivity contribution in [3.63, 3.8) is 0 Å². The number of fused-ring (bicyclic) bond motifs is 1. The molecular weight excluding hydrogens is 593 g/mol. The largest absolute Gasteiger partial charge is 0.492 e. The fourth-order valence-electron chi connectivity index (χ4n) is 4.97. The first-order valence-corrected chi connectivity index (χ1v) is 13.5. The van der Waals surface area contributed by atoms with E-state index in [1.807, 2.05) is 0 Å². The molecule has 41 heavy (non-hydrogen) atoms. The molecule has 1 aliphatic carbocycles. The number of halogens is 9. The fraction of sp³-hybridized carbons (Fsp3) is 0.500. The van der Waals surface area contributed by atoms with Crippen LogP contribution >= 0.6 is 0 Å².